The summed E-state index contributed by atoms with van der Waals surface area (Å²) in [7, 11) is 0. The average molecular weight is 662 g/mol. The SMILES string of the molecule is c1ccc(-c2nc(-c3ccc(-c4ccc5c(ccc6ccccc65)c4)c4ccccc34)nc(-c3cccc4cccc(-c5ccccc5)c34)n2)cc1. The van der Waals surface area contributed by atoms with Crippen molar-refractivity contribution >= 4 is 43.1 Å². The van der Waals surface area contributed by atoms with E-state index in [9.17, 15) is 0 Å². The minimum atomic E-state index is 0.643. The molecule has 3 nitrogen and oxygen atoms in total. The monoisotopic (exact) mass is 661 g/mol. The van der Waals surface area contributed by atoms with Crippen LogP contribution in [0.15, 0.2) is 188 Å². The van der Waals surface area contributed by atoms with Crippen LogP contribution in [0.25, 0.3) is 99.5 Å². The third-order valence-electron chi connectivity index (χ3n) is 10.1. The van der Waals surface area contributed by atoms with Crippen LogP contribution in [0, 0.1) is 0 Å². The highest BCUT2D eigenvalue weighted by atomic mass is 15.0. The third-order valence-corrected chi connectivity index (χ3v) is 10.1. The number of benzene rings is 9. The lowest BCUT2D eigenvalue weighted by Gasteiger charge is -2.15. The molecular formula is C49H31N3. The summed E-state index contributed by atoms with van der Waals surface area (Å²) in [6.45, 7) is 0. The normalized spacial score (nSPS) is 11.5. The molecule has 0 bridgehead atoms. The second-order valence-corrected chi connectivity index (χ2v) is 13.2. The molecule has 1 heterocycles. The van der Waals surface area contributed by atoms with Gasteiger partial charge in [-0.1, -0.05) is 176 Å². The minimum absolute atomic E-state index is 0.643. The second-order valence-electron chi connectivity index (χ2n) is 13.2. The van der Waals surface area contributed by atoms with Gasteiger partial charge in [-0.3, -0.25) is 0 Å². The van der Waals surface area contributed by atoms with Gasteiger partial charge in [-0.25, -0.2) is 15.0 Å². The van der Waals surface area contributed by atoms with Gasteiger partial charge >= 0.3 is 0 Å². The highest BCUT2D eigenvalue weighted by Crippen LogP contribution is 2.39. The number of nitrogens with zero attached hydrogens (tertiary/aromatic N) is 3. The van der Waals surface area contributed by atoms with Gasteiger partial charge < -0.3 is 0 Å². The zero-order chi connectivity index (χ0) is 34.4. The van der Waals surface area contributed by atoms with Crippen molar-refractivity contribution in [3.63, 3.8) is 0 Å². The molecule has 52 heavy (non-hydrogen) atoms. The Morgan fingerprint density at radius 2 is 0.788 bits per heavy atom. The van der Waals surface area contributed by atoms with Crippen LogP contribution in [-0.2, 0) is 0 Å². The van der Waals surface area contributed by atoms with Gasteiger partial charge in [-0.15, -0.1) is 0 Å². The van der Waals surface area contributed by atoms with Gasteiger partial charge in [0.25, 0.3) is 0 Å². The molecule has 0 saturated carbocycles. The first kappa shape index (κ1) is 29.9. The smallest absolute Gasteiger partial charge is 0.164 e. The fraction of sp³-hybridized carbons (Fsp3) is 0. The molecule has 0 spiro atoms. The highest BCUT2D eigenvalue weighted by Gasteiger charge is 2.19. The fourth-order valence-electron chi connectivity index (χ4n) is 7.65. The molecule has 0 atom stereocenters. The number of hydrogen-bond acceptors (Lipinski definition) is 3. The molecular weight excluding hydrogens is 631 g/mol. The van der Waals surface area contributed by atoms with E-state index in [-0.39, 0.29) is 0 Å². The van der Waals surface area contributed by atoms with Crippen molar-refractivity contribution in [1.29, 1.82) is 0 Å². The number of hydrogen-bond donors (Lipinski definition) is 0. The van der Waals surface area contributed by atoms with Crippen LogP contribution in [0.3, 0.4) is 0 Å². The van der Waals surface area contributed by atoms with E-state index in [0.717, 1.165) is 49.4 Å². The maximum absolute atomic E-state index is 5.28. The molecule has 0 N–H and O–H groups in total. The molecule has 0 saturated heterocycles. The van der Waals surface area contributed by atoms with Crippen LogP contribution in [0.1, 0.15) is 0 Å². The molecule has 0 amide bonds. The van der Waals surface area contributed by atoms with Gasteiger partial charge in [0.2, 0.25) is 0 Å². The molecule has 0 fully saturated rings. The predicted octanol–water partition coefficient (Wildman–Crippen LogP) is 12.8. The van der Waals surface area contributed by atoms with Crippen LogP contribution < -0.4 is 0 Å². The summed E-state index contributed by atoms with van der Waals surface area (Å²) in [6, 6.07) is 66.4. The largest absolute Gasteiger partial charge is 0.208 e. The molecule has 0 aliphatic heterocycles. The fourth-order valence-corrected chi connectivity index (χ4v) is 7.65. The molecule has 0 radical (unpaired) electrons. The van der Waals surface area contributed by atoms with Crippen LogP contribution in [0.5, 0.6) is 0 Å². The third kappa shape index (κ3) is 5.10. The van der Waals surface area contributed by atoms with E-state index in [1.165, 1.54) is 32.7 Å². The van der Waals surface area contributed by atoms with Crippen LogP contribution in [0.2, 0.25) is 0 Å². The summed E-state index contributed by atoms with van der Waals surface area (Å²) in [6.07, 6.45) is 0. The first-order valence-electron chi connectivity index (χ1n) is 17.6. The van der Waals surface area contributed by atoms with E-state index in [0.29, 0.717) is 17.5 Å². The van der Waals surface area contributed by atoms with Gasteiger partial charge in [0.05, 0.1) is 0 Å². The van der Waals surface area contributed by atoms with E-state index in [2.05, 4.69) is 170 Å². The first-order valence-corrected chi connectivity index (χ1v) is 17.6. The van der Waals surface area contributed by atoms with Crippen molar-refractivity contribution in [1.82, 2.24) is 15.0 Å². The average Bonchev–Trinajstić information content (AvgIpc) is 3.23. The maximum atomic E-state index is 5.28. The standard InChI is InChI=1S/C49H31N3/c1-3-13-32(14-4-1)41-23-11-18-34-19-12-24-45(46(34)41)49-51-47(35-16-5-2-6-17-35)50-48(52-49)44-30-29-40(42-21-9-10-22-43(42)44)37-27-28-39-36(31-37)26-25-33-15-7-8-20-38(33)39/h1-31H. The molecule has 0 aliphatic carbocycles. The van der Waals surface area contributed by atoms with E-state index in [1.807, 2.05) is 18.2 Å². The zero-order valence-electron chi connectivity index (χ0n) is 28.2. The lowest BCUT2D eigenvalue weighted by molar-refractivity contribution is 1.08. The van der Waals surface area contributed by atoms with E-state index in [4.69, 9.17) is 15.0 Å². The number of fused-ring (bicyclic) bond motifs is 5. The Labute approximate surface area is 301 Å². The van der Waals surface area contributed by atoms with E-state index >= 15 is 0 Å². The van der Waals surface area contributed by atoms with Gasteiger partial charge in [-0.05, 0) is 72.1 Å². The number of rotatable bonds is 5. The van der Waals surface area contributed by atoms with Crippen molar-refractivity contribution in [2.75, 3.05) is 0 Å². The highest BCUT2D eigenvalue weighted by molar-refractivity contribution is 6.11. The lowest BCUT2D eigenvalue weighted by Crippen LogP contribution is -2.01. The Balaban J connectivity index is 1.18. The van der Waals surface area contributed by atoms with E-state index < -0.39 is 0 Å². The Morgan fingerprint density at radius 1 is 0.250 bits per heavy atom. The molecule has 10 aromatic rings. The van der Waals surface area contributed by atoms with Gasteiger partial charge in [0, 0.05) is 22.1 Å². The summed E-state index contributed by atoms with van der Waals surface area (Å²) in [5.41, 5.74) is 7.54. The minimum Gasteiger partial charge on any atom is -0.208 e. The molecule has 9 aromatic carbocycles. The molecule has 242 valence electrons. The molecule has 0 aliphatic rings. The number of aromatic nitrogens is 3. The van der Waals surface area contributed by atoms with E-state index in [1.54, 1.807) is 0 Å². The Bertz CT molecular complexity index is 2950. The molecule has 0 unspecified atom stereocenters. The quantitative estimate of drug-likeness (QED) is 0.172. The summed E-state index contributed by atoms with van der Waals surface area (Å²) >= 11 is 0. The summed E-state index contributed by atoms with van der Waals surface area (Å²) < 4.78 is 0. The summed E-state index contributed by atoms with van der Waals surface area (Å²) in [5, 5.41) is 9.52. The van der Waals surface area contributed by atoms with Crippen molar-refractivity contribution in [2.45, 2.75) is 0 Å². The summed E-state index contributed by atoms with van der Waals surface area (Å²) in [5.74, 6) is 1.93. The van der Waals surface area contributed by atoms with Crippen LogP contribution in [-0.4, -0.2) is 15.0 Å². The maximum Gasteiger partial charge on any atom is 0.164 e. The van der Waals surface area contributed by atoms with Crippen molar-refractivity contribution in [2.24, 2.45) is 0 Å². The van der Waals surface area contributed by atoms with Crippen LogP contribution in [0.4, 0.5) is 0 Å². The lowest BCUT2D eigenvalue weighted by atomic mass is 9.92. The van der Waals surface area contributed by atoms with Crippen LogP contribution >= 0.6 is 0 Å². The Hall–Kier alpha value is -6.97. The van der Waals surface area contributed by atoms with Gasteiger partial charge in [0.1, 0.15) is 0 Å². The van der Waals surface area contributed by atoms with Gasteiger partial charge in [0.15, 0.2) is 17.5 Å². The molecule has 1 aromatic heterocycles. The summed E-state index contributed by atoms with van der Waals surface area (Å²) in [4.78, 5) is 15.6. The van der Waals surface area contributed by atoms with Crippen molar-refractivity contribution < 1.29 is 0 Å². The topological polar surface area (TPSA) is 38.7 Å². The molecule has 3 heteroatoms. The Kier molecular flexibility index (Phi) is 7.14. The zero-order valence-corrected chi connectivity index (χ0v) is 28.2. The molecule has 10 rings (SSSR count). The first-order chi connectivity index (χ1) is 25.8. The Morgan fingerprint density at radius 3 is 1.56 bits per heavy atom. The van der Waals surface area contributed by atoms with Gasteiger partial charge in [-0.2, -0.15) is 0 Å². The second kappa shape index (κ2) is 12.4. The van der Waals surface area contributed by atoms with Crippen molar-refractivity contribution in [3.8, 4) is 56.4 Å². The predicted molar refractivity (Wildman–Crippen MR) is 217 cm³/mol. The van der Waals surface area contributed by atoms with Crippen molar-refractivity contribution in [3.05, 3.63) is 188 Å².